The van der Waals surface area contributed by atoms with E-state index in [1.54, 1.807) is 0 Å². The van der Waals surface area contributed by atoms with Crippen LogP contribution < -0.4 is 0 Å². The number of hydrogen-bond donors (Lipinski definition) is 0. The van der Waals surface area contributed by atoms with Crippen molar-refractivity contribution in [1.29, 1.82) is 0 Å². The van der Waals surface area contributed by atoms with Gasteiger partial charge in [-0.1, -0.05) is 66.7 Å². The monoisotopic (exact) mass is 380 g/mol. The minimum Gasteiger partial charge on any atom is -0.313 e. The van der Waals surface area contributed by atoms with Crippen LogP contribution in [0.4, 0.5) is 0 Å². The van der Waals surface area contributed by atoms with E-state index in [1.165, 1.54) is 44.5 Å². The van der Waals surface area contributed by atoms with Crippen LogP contribution in [0, 0.1) is 6.92 Å². The molecule has 0 bridgehead atoms. The van der Waals surface area contributed by atoms with Crippen LogP contribution in [0.25, 0.3) is 16.6 Å². The highest BCUT2D eigenvalue weighted by Crippen LogP contribution is 2.36. The Hall–Kier alpha value is -2.84. The van der Waals surface area contributed by atoms with E-state index in [1.807, 2.05) is 0 Å². The van der Waals surface area contributed by atoms with Gasteiger partial charge in [0.2, 0.25) is 0 Å². The second-order valence-corrected chi connectivity index (χ2v) is 8.32. The molecule has 0 fully saturated rings. The molecule has 3 aromatic carbocycles. The van der Waals surface area contributed by atoms with Gasteiger partial charge in [-0.05, 0) is 55.1 Å². The molecule has 1 aromatic heterocycles. The lowest BCUT2D eigenvalue weighted by atomic mass is 10.0. The summed E-state index contributed by atoms with van der Waals surface area (Å²) < 4.78 is 2.57. The van der Waals surface area contributed by atoms with Crippen LogP contribution in [-0.2, 0) is 25.8 Å². The van der Waals surface area contributed by atoms with Crippen molar-refractivity contribution in [1.82, 2.24) is 9.47 Å². The summed E-state index contributed by atoms with van der Waals surface area (Å²) in [6.07, 6.45) is 3.28. The normalized spacial score (nSPS) is 12.9. The molecule has 0 N–H and O–H groups in total. The smallest absolute Gasteiger partial charge is 0.0566 e. The first-order valence-corrected chi connectivity index (χ1v) is 10.6. The van der Waals surface area contributed by atoms with Crippen molar-refractivity contribution in [2.75, 3.05) is 13.6 Å². The van der Waals surface area contributed by atoms with Gasteiger partial charge in [0.1, 0.15) is 0 Å². The number of fused-ring (bicyclic) bond motifs is 2. The van der Waals surface area contributed by atoms with E-state index in [4.69, 9.17) is 0 Å². The molecule has 2 heterocycles. The molecule has 5 rings (SSSR count). The third-order valence-corrected chi connectivity index (χ3v) is 6.37. The quantitative estimate of drug-likeness (QED) is 0.430. The number of aromatic nitrogens is 1. The number of likely N-dealkylation sites (N-methyl/N-ethyl adjacent to an activating group) is 1. The Morgan fingerprint density at radius 3 is 2.41 bits per heavy atom. The summed E-state index contributed by atoms with van der Waals surface area (Å²) in [7, 11) is 2.23. The molecular formula is C27H28N2. The summed E-state index contributed by atoms with van der Waals surface area (Å²) in [5.74, 6) is 0. The van der Waals surface area contributed by atoms with Crippen LogP contribution in [-0.4, -0.2) is 23.1 Å². The summed E-state index contributed by atoms with van der Waals surface area (Å²) in [5.41, 5.74) is 10.0. The first kappa shape index (κ1) is 18.2. The van der Waals surface area contributed by atoms with E-state index in [0.29, 0.717) is 0 Å². The van der Waals surface area contributed by atoms with Gasteiger partial charge in [-0.15, -0.1) is 0 Å². The number of para-hydroxylation sites is 2. The fourth-order valence-electron chi connectivity index (χ4n) is 4.86. The summed E-state index contributed by atoms with van der Waals surface area (Å²) in [6, 6.07) is 26.6. The maximum absolute atomic E-state index is 2.57. The Morgan fingerprint density at radius 1 is 0.828 bits per heavy atom. The van der Waals surface area contributed by atoms with Crippen molar-refractivity contribution in [3.05, 3.63) is 101 Å². The molecule has 0 spiro atoms. The number of rotatable bonds is 5. The summed E-state index contributed by atoms with van der Waals surface area (Å²) in [4.78, 5) is 2.43. The molecule has 0 atom stereocenters. The Labute approximate surface area is 173 Å². The molecular weight excluding hydrogens is 352 g/mol. The summed E-state index contributed by atoms with van der Waals surface area (Å²) in [6.45, 7) is 4.34. The molecule has 1 aliphatic rings. The number of hydrogen-bond acceptors (Lipinski definition) is 1. The molecule has 2 nitrogen and oxygen atoms in total. The van der Waals surface area contributed by atoms with E-state index in [9.17, 15) is 0 Å². The van der Waals surface area contributed by atoms with Crippen molar-refractivity contribution in [3.8, 4) is 5.69 Å². The molecule has 0 amide bonds. The number of aryl methyl sites for hydroxylation is 3. The van der Waals surface area contributed by atoms with Crippen molar-refractivity contribution >= 4 is 10.9 Å². The Kier molecular flexibility index (Phi) is 4.73. The molecule has 0 saturated heterocycles. The van der Waals surface area contributed by atoms with Crippen molar-refractivity contribution < 1.29 is 0 Å². The SMILES string of the molecule is Cc1c(CCN(C)Cc2ccccc2)n2c3c(cccc13)CCc1ccccc1-2. The first-order chi connectivity index (χ1) is 14.2. The van der Waals surface area contributed by atoms with E-state index in [-0.39, 0.29) is 0 Å². The van der Waals surface area contributed by atoms with Gasteiger partial charge in [-0.2, -0.15) is 0 Å². The van der Waals surface area contributed by atoms with E-state index in [0.717, 1.165) is 32.4 Å². The molecule has 0 aliphatic carbocycles. The molecule has 146 valence electrons. The lowest BCUT2D eigenvalue weighted by Gasteiger charge is -2.19. The maximum Gasteiger partial charge on any atom is 0.0566 e. The largest absolute Gasteiger partial charge is 0.313 e. The summed E-state index contributed by atoms with van der Waals surface area (Å²) in [5, 5.41) is 1.42. The molecule has 0 unspecified atom stereocenters. The fraction of sp³-hybridized carbons (Fsp3) is 0.259. The van der Waals surface area contributed by atoms with Crippen LogP contribution in [0.1, 0.15) is 27.9 Å². The highest BCUT2D eigenvalue weighted by atomic mass is 15.1. The van der Waals surface area contributed by atoms with E-state index >= 15 is 0 Å². The van der Waals surface area contributed by atoms with Gasteiger partial charge in [0, 0.05) is 36.3 Å². The highest BCUT2D eigenvalue weighted by molar-refractivity contribution is 5.90. The average Bonchev–Trinajstić information content (AvgIpc) is 2.92. The fourth-order valence-corrected chi connectivity index (χ4v) is 4.86. The van der Waals surface area contributed by atoms with Gasteiger partial charge in [0.05, 0.1) is 5.52 Å². The lowest BCUT2D eigenvalue weighted by molar-refractivity contribution is 0.329. The van der Waals surface area contributed by atoms with Gasteiger partial charge in [0.15, 0.2) is 0 Å². The summed E-state index contributed by atoms with van der Waals surface area (Å²) >= 11 is 0. The second kappa shape index (κ2) is 7.53. The van der Waals surface area contributed by atoms with Gasteiger partial charge in [-0.3, -0.25) is 0 Å². The van der Waals surface area contributed by atoms with Crippen LogP contribution in [0.2, 0.25) is 0 Å². The van der Waals surface area contributed by atoms with Gasteiger partial charge in [0.25, 0.3) is 0 Å². The predicted octanol–water partition coefficient (Wildman–Crippen LogP) is 5.71. The highest BCUT2D eigenvalue weighted by Gasteiger charge is 2.22. The lowest BCUT2D eigenvalue weighted by Crippen LogP contribution is -2.22. The van der Waals surface area contributed by atoms with Crippen molar-refractivity contribution in [2.45, 2.75) is 32.7 Å². The zero-order valence-electron chi connectivity index (χ0n) is 17.4. The Morgan fingerprint density at radius 2 is 1.55 bits per heavy atom. The topological polar surface area (TPSA) is 8.17 Å². The second-order valence-electron chi connectivity index (χ2n) is 8.32. The maximum atomic E-state index is 2.57. The van der Waals surface area contributed by atoms with E-state index < -0.39 is 0 Å². The molecule has 2 heteroatoms. The first-order valence-electron chi connectivity index (χ1n) is 10.6. The Balaban J connectivity index is 1.53. The van der Waals surface area contributed by atoms with Crippen LogP contribution in [0.3, 0.4) is 0 Å². The van der Waals surface area contributed by atoms with Crippen molar-refractivity contribution in [2.24, 2.45) is 0 Å². The van der Waals surface area contributed by atoms with Gasteiger partial charge >= 0.3 is 0 Å². The molecule has 4 aromatic rings. The molecule has 29 heavy (non-hydrogen) atoms. The van der Waals surface area contributed by atoms with Crippen LogP contribution in [0.5, 0.6) is 0 Å². The number of benzene rings is 3. The molecule has 1 aliphatic heterocycles. The number of nitrogens with zero attached hydrogens (tertiary/aromatic N) is 2. The predicted molar refractivity (Wildman–Crippen MR) is 122 cm³/mol. The van der Waals surface area contributed by atoms with Crippen LogP contribution >= 0.6 is 0 Å². The standard InChI is InChI=1S/C27H28N2/c1-20-24-13-8-12-23-16-15-22-11-6-7-14-26(22)29(27(23)24)25(20)17-18-28(2)19-21-9-4-3-5-10-21/h3-14H,15-19H2,1-2H3. The van der Waals surface area contributed by atoms with Gasteiger partial charge < -0.3 is 9.47 Å². The van der Waals surface area contributed by atoms with Crippen LogP contribution in [0.15, 0.2) is 72.8 Å². The van der Waals surface area contributed by atoms with Crippen molar-refractivity contribution in [3.63, 3.8) is 0 Å². The third kappa shape index (κ3) is 3.28. The average molecular weight is 381 g/mol. The minimum absolute atomic E-state index is 0.988. The zero-order valence-corrected chi connectivity index (χ0v) is 17.4. The molecule has 0 saturated carbocycles. The van der Waals surface area contributed by atoms with E-state index in [2.05, 4.69) is 96.2 Å². The third-order valence-electron chi connectivity index (χ3n) is 6.37. The Bertz CT molecular complexity index is 1150. The zero-order chi connectivity index (χ0) is 19.8. The minimum atomic E-state index is 0.988. The van der Waals surface area contributed by atoms with Gasteiger partial charge in [-0.25, -0.2) is 0 Å². The molecule has 0 radical (unpaired) electrons.